The van der Waals surface area contributed by atoms with Crippen LogP contribution in [0.3, 0.4) is 0 Å². The number of hydrogen-bond acceptors (Lipinski definition) is 4. The molecule has 130 valence electrons. The molecule has 2 N–H and O–H groups in total. The molecule has 0 radical (unpaired) electrons. The molecule has 0 unspecified atom stereocenters. The molecule has 3 rings (SSSR count). The Balaban J connectivity index is 1.46. The SMILES string of the molecule is O=c1ccn(CCCNCc2cnn(-c3ccc(Cl)cc3)c2)c(=O)[nH]1. The Hall–Kier alpha value is -2.64. The number of aryl methyl sites for hydroxylation is 1. The molecular formula is C17H18ClN5O2. The van der Waals surface area contributed by atoms with E-state index in [-0.39, 0.29) is 11.2 Å². The Bertz CT molecular complexity index is 942. The van der Waals surface area contributed by atoms with Gasteiger partial charge in [-0.2, -0.15) is 5.10 Å². The van der Waals surface area contributed by atoms with E-state index in [1.54, 1.807) is 4.68 Å². The first-order valence-electron chi connectivity index (χ1n) is 7.92. The molecule has 0 spiro atoms. The van der Waals surface area contributed by atoms with E-state index in [2.05, 4.69) is 15.4 Å². The predicted molar refractivity (Wildman–Crippen MR) is 96.2 cm³/mol. The molecule has 1 aromatic carbocycles. The first-order chi connectivity index (χ1) is 12.1. The molecule has 7 nitrogen and oxygen atoms in total. The second-order valence-corrected chi connectivity index (χ2v) is 6.04. The molecule has 0 aliphatic rings. The highest BCUT2D eigenvalue weighted by molar-refractivity contribution is 6.30. The third-order valence-electron chi connectivity index (χ3n) is 3.71. The van der Waals surface area contributed by atoms with Crippen LogP contribution in [0.4, 0.5) is 0 Å². The van der Waals surface area contributed by atoms with Gasteiger partial charge in [0.05, 0.1) is 11.9 Å². The van der Waals surface area contributed by atoms with E-state index in [0.717, 1.165) is 24.2 Å². The smallest absolute Gasteiger partial charge is 0.312 e. The van der Waals surface area contributed by atoms with Crippen LogP contribution in [0.1, 0.15) is 12.0 Å². The van der Waals surface area contributed by atoms with Gasteiger partial charge in [-0.1, -0.05) is 11.6 Å². The molecule has 0 amide bonds. The normalized spacial score (nSPS) is 10.9. The summed E-state index contributed by atoms with van der Waals surface area (Å²) < 4.78 is 3.29. The lowest BCUT2D eigenvalue weighted by Gasteiger charge is -2.05. The van der Waals surface area contributed by atoms with Crippen LogP contribution >= 0.6 is 11.6 Å². The zero-order valence-electron chi connectivity index (χ0n) is 13.5. The fourth-order valence-corrected chi connectivity index (χ4v) is 2.54. The second-order valence-electron chi connectivity index (χ2n) is 5.60. The highest BCUT2D eigenvalue weighted by atomic mass is 35.5. The molecule has 0 saturated heterocycles. The Kier molecular flexibility index (Phi) is 5.47. The molecule has 3 aromatic rings. The first-order valence-corrected chi connectivity index (χ1v) is 8.29. The molecule has 0 bridgehead atoms. The van der Waals surface area contributed by atoms with Crippen molar-refractivity contribution in [2.45, 2.75) is 19.5 Å². The number of halogens is 1. The van der Waals surface area contributed by atoms with E-state index in [0.29, 0.717) is 18.1 Å². The average Bonchev–Trinajstić information content (AvgIpc) is 3.06. The molecule has 0 atom stereocenters. The number of benzene rings is 1. The highest BCUT2D eigenvalue weighted by Crippen LogP contribution is 2.13. The van der Waals surface area contributed by atoms with Gasteiger partial charge in [-0.25, -0.2) is 9.48 Å². The number of aromatic amines is 1. The van der Waals surface area contributed by atoms with Gasteiger partial charge in [-0.05, 0) is 37.2 Å². The largest absolute Gasteiger partial charge is 0.328 e. The van der Waals surface area contributed by atoms with E-state index < -0.39 is 0 Å². The topological polar surface area (TPSA) is 84.7 Å². The standard InChI is InChI=1S/C17H18ClN5O2/c18-14-2-4-15(5-3-14)23-12-13(11-20-23)10-19-7-1-8-22-9-6-16(24)21-17(22)25/h2-6,9,11-12,19H,1,7-8,10H2,(H,21,24,25). The van der Waals surface area contributed by atoms with Crippen molar-refractivity contribution in [1.82, 2.24) is 24.6 Å². The summed E-state index contributed by atoms with van der Waals surface area (Å²) in [5.74, 6) is 0. The number of H-pyrrole nitrogens is 1. The molecule has 0 aliphatic carbocycles. The van der Waals surface area contributed by atoms with Gasteiger partial charge in [0, 0.05) is 42.1 Å². The lowest BCUT2D eigenvalue weighted by atomic mass is 10.3. The van der Waals surface area contributed by atoms with Crippen molar-refractivity contribution in [3.05, 3.63) is 80.3 Å². The minimum absolute atomic E-state index is 0.378. The summed E-state index contributed by atoms with van der Waals surface area (Å²) in [6, 6.07) is 8.83. The molecule has 0 fully saturated rings. The zero-order chi connectivity index (χ0) is 17.6. The first kappa shape index (κ1) is 17.2. The zero-order valence-corrected chi connectivity index (χ0v) is 14.2. The maximum atomic E-state index is 11.6. The summed E-state index contributed by atoms with van der Waals surface area (Å²) in [4.78, 5) is 24.8. The number of nitrogens with one attached hydrogen (secondary N) is 2. The summed E-state index contributed by atoms with van der Waals surface area (Å²) in [5, 5.41) is 8.35. The lowest BCUT2D eigenvalue weighted by molar-refractivity contribution is 0.561. The highest BCUT2D eigenvalue weighted by Gasteiger charge is 2.01. The van der Waals surface area contributed by atoms with E-state index >= 15 is 0 Å². The van der Waals surface area contributed by atoms with E-state index in [1.807, 2.05) is 36.7 Å². The molecule has 2 aromatic heterocycles. The van der Waals surface area contributed by atoms with Gasteiger partial charge in [0.2, 0.25) is 0 Å². The van der Waals surface area contributed by atoms with Crippen molar-refractivity contribution in [2.75, 3.05) is 6.54 Å². The minimum Gasteiger partial charge on any atom is -0.312 e. The number of rotatable bonds is 7. The molecular weight excluding hydrogens is 342 g/mol. The van der Waals surface area contributed by atoms with Crippen molar-refractivity contribution in [3.8, 4) is 5.69 Å². The van der Waals surface area contributed by atoms with Crippen LogP contribution < -0.4 is 16.6 Å². The third-order valence-corrected chi connectivity index (χ3v) is 3.96. The van der Waals surface area contributed by atoms with Crippen LogP contribution in [0.5, 0.6) is 0 Å². The molecule has 0 aliphatic heterocycles. The Morgan fingerprint density at radius 1 is 1.16 bits per heavy atom. The van der Waals surface area contributed by atoms with E-state index in [1.165, 1.54) is 16.8 Å². The Labute approximate surface area is 148 Å². The van der Waals surface area contributed by atoms with Crippen LogP contribution in [0.15, 0.2) is 58.5 Å². The lowest BCUT2D eigenvalue weighted by Crippen LogP contribution is -2.29. The van der Waals surface area contributed by atoms with Crippen molar-refractivity contribution in [2.24, 2.45) is 0 Å². The molecule has 8 heteroatoms. The quantitative estimate of drug-likeness (QED) is 0.627. The van der Waals surface area contributed by atoms with E-state index in [9.17, 15) is 9.59 Å². The van der Waals surface area contributed by atoms with Crippen LogP contribution in [-0.2, 0) is 13.1 Å². The van der Waals surface area contributed by atoms with Gasteiger partial charge in [-0.3, -0.25) is 9.78 Å². The monoisotopic (exact) mass is 359 g/mol. The Morgan fingerprint density at radius 3 is 2.72 bits per heavy atom. The molecule has 25 heavy (non-hydrogen) atoms. The number of hydrogen-bond donors (Lipinski definition) is 2. The van der Waals surface area contributed by atoms with Gasteiger partial charge in [0.15, 0.2) is 0 Å². The van der Waals surface area contributed by atoms with Crippen LogP contribution in [0.2, 0.25) is 5.02 Å². The second kappa shape index (κ2) is 7.96. The maximum absolute atomic E-state index is 11.6. The molecule has 0 saturated carbocycles. The summed E-state index contributed by atoms with van der Waals surface area (Å²) in [5.41, 5.74) is 1.26. The predicted octanol–water partition coefficient (Wildman–Crippen LogP) is 1.56. The van der Waals surface area contributed by atoms with Crippen molar-refractivity contribution in [3.63, 3.8) is 0 Å². The van der Waals surface area contributed by atoms with Crippen LogP contribution in [0, 0.1) is 0 Å². The van der Waals surface area contributed by atoms with Crippen LogP contribution in [0.25, 0.3) is 5.69 Å². The van der Waals surface area contributed by atoms with Crippen molar-refractivity contribution < 1.29 is 0 Å². The van der Waals surface area contributed by atoms with Gasteiger partial charge < -0.3 is 9.88 Å². The average molecular weight is 360 g/mol. The summed E-state index contributed by atoms with van der Waals surface area (Å²) in [7, 11) is 0. The van der Waals surface area contributed by atoms with Gasteiger partial charge in [0.25, 0.3) is 5.56 Å². The van der Waals surface area contributed by atoms with Gasteiger partial charge in [-0.15, -0.1) is 0 Å². The van der Waals surface area contributed by atoms with Crippen molar-refractivity contribution >= 4 is 11.6 Å². The van der Waals surface area contributed by atoms with E-state index in [4.69, 9.17) is 11.6 Å². The Morgan fingerprint density at radius 2 is 1.96 bits per heavy atom. The summed E-state index contributed by atoms with van der Waals surface area (Å²) in [6.45, 7) is 1.98. The van der Waals surface area contributed by atoms with Gasteiger partial charge in [0.1, 0.15) is 0 Å². The maximum Gasteiger partial charge on any atom is 0.328 e. The molecule has 2 heterocycles. The van der Waals surface area contributed by atoms with Crippen LogP contribution in [-0.4, -0.2) is 25.9 Å². The fourth-order valence-electron chi connectivity index (χ4n) is 2.41. The summed E-state index contributed by atoms with van der Waals surface area (Å²) in [6.07, 6.45) is 6.06. The fraction of sp³-hybridized carbons (Fsp3) is 0.235. The third kappa shape index (κ3) is 4.68. The van der Waals surface area contributed by atoms with Crippen molar-refractivity contribution in [1.29, 1.82) is 0 Å². The number of nitrogens with zero attached hydrogens (tertiary/aromatic N) is 3. The number of aromatic nitrogens is 4. The minimum atomic E-state index is -0.378. The van der Waals surface area contributed by atoms with Gasteiger partial charge >= 0.3 is 5.69 Å². The summed E-state index contributed by atoms with van der Waals surface area (Å²) >= 11 is 5.89.